The second kappa shape index (κ2) is 6.60. The Morgan fingerprint density at radius 2 is 1.52 bits per heavy atom. The van der Waals surface area contributed by atoms with Gasteiger partial charge in [0.05, 0.1) is 0 Å². The van der Waals surface area contributed by atoms with E-state index in [1.54, 1.807) is 26.1 Å². The zero-order valence-corrected chi connectivity index (χ0v) is 13.8. The first-order valence-electron chi connectivity index (χ1n) is 7.57. The fourth-order valence-electron chi connectivity index (χ4n) is 2.92. The lowest BCUT2D eigenvalue weighted by atomic mass is 10.2. The van der Waals surface area contributed by atoms with Crippen LogP contribution in [0.15, 0.2) is 11.6 Å². The summed E-state index contributed by atoms with van der Waals surface area (Å²) in [4.78, 5) is 6.46. The van der Waals surface area contributed by atoms with Crippen molar-refractivity contribution in [3.63, 3.8) is 0 Å². The van der Waals surface area contributed by atoms with Crippen LogP contribution in [0.5, 0.6) is 0 Å². The van der Waals surface area contributed by atoms with Crippen LogP contribution in [0.1, 0.15) is 25.7 Å². The van der Waals surface area contributed by atoms with Gasteiger partial charge in [0.15, 0.2) is 5.13 Å². The van der Waals surface area contributed by atoms with Gasteiger partial charge in [0.25, 0.3) is 10.2 Å². The summed E-state index contributed by atoms with van der Waals surface area (Å²) in [6, 6.07) is 0. The zero-order chi connectivity index (χ0) is 14.7. The molecule has 0 amide bonds. The predicted molar refractivity (Wildman–Crippen MR) is 84.9 cm³/mol. The first-order chi connectivity index (χ1) is 10.2. The summed E-state index contributed by atoms with van der Waals surface area (Å²) in [5.74, 6) is 0. The van der Waals surface area contributed by atoms with E-state index in [0.717, 1.165) is 43.9 Å². The first-order valence-corrected chi connectivity index (χ1v) is 9.85. The van der Waals surface area contributed by atoms with E-state index in [0.29, 0.717) is 26.2 Å². The Labute approximate surface area is 130 Å². The summed E-state index contributed by atoms with van der Waals surface area (Å²) in [5, 5.41) is 2.94. The van der Waals surface area contributed by atoms with E-state index < -0.39 is 10.2 Å². The Balaban J connectivity index is 1.62. The van der Waals surface area contributed by atoms with Crippen molar-refractivity contribution in [2.75, 3.05) is 44.2 Å². The number of piperazine rings is 1. The van der Waals surface area contributed by atoms with Crippen molar-refractivity contribution in [3.05, 3.63) is 11.6 Å². The maximum Gasteiger partial charge on any atom is 0.282 e. The maximum atomic E-state index is 12.7. The van der Waals surface area contributed by atoms with Crippen molar-refractivity contribution in [2.45, 2.75) is 25.7 Å². The summed E-state index contributed by atoms with van der Waals surface area (Å²) in [5.41, 5.74) is 0. The molecular weight excluding hydrogens is 308 g/mol. The van der Waals surface area contributed by atoms with Crippen LogP contribution in [0, 0.1) is 0 Å². The highest BCUT2D eigenvalue weighted by Gasteiger charge is 2.32. The standard InChI is InChI=1S/C13H22N4O2S2/c18-21(19,16-6-3-1-2-4-7-16)17-10-8-15(9-11-17)13-14-5-12-20-13/h5,12H,1-4,6-11H2. The number of hydrogen-bond acceptors (Lipinski definition) is 5. The quantitative estimate of drug-likeness (QED) is 0.840. The molecule has 0 radical (unpaired) electrons. The molecule has 3 rings (SSSR count). The number of hydrogen-bond donors (Lipinski definition) is 0. The topological polar surface area (TPSA) is 56.8 Å². The molecule has 1 aromatic heterocycles. The Morgan fingerprint density at radius 3 is 2.10 bits per heavy atom. The molecule has 21 heavy (non-hydrogen) atoms. The highest BCUT2D eigenvalue weighted by molar-refractivity contribution is 7.86. The zero-order valence-electron chi connectivity index (χ0n) is 12.1. The minimum atomic E-state index is -3.28. The van der Waals surface area contributed by atoms with Crippen LogP contribution in [-0.2, 0) is 10.2 Å². The van der Waals surface area contributed by atoms with Gasteiger partial charge in [-0.2, -0.15) is 17.0 Å². The van der Waals surface area contributed by atoms with Crippen LogP contribution in [0.25, 0.3) is 0 Å². The van der Waals surface area contributed by atoms with Crippen molar-refractivity contribution in [3.8, 4) is 0 Å². The Kier molecular flexibility index (Phi) is 4.78. The summed E-state index contributed by atoms with van der Waals surface area (Å²) in [6.45, 7) is 3.90. The number of anilines is 1. The number of rotatable bonds is 3. The molecule has 0 atom stereocenters. The predicted octanol–water partition coefficient (Wildman–Crippen LogP) is 1.39. The molecule has 0 bridgehead atoms. The first kappa shape index (κ1) is 15.2. The third kappa shape index (κ3) is 3.39. The summed E-state index contributed by atoms with van der Waals surface area (Å²) < 4.78 is 28.7. The molecule has 118 valence electrons. The van der Waals surface area contributed by atoms with Crippen molar-refractivity contribution < 1.29 is 8.42 Å². The van der Waals surface area contributed by atoms with Crippen molar-refractivity contribution in [1.82, 2.24) is 13.6 Å². The van der Waals surface area contributed by atoms with E-state index in [2.05, 4.69) is 9.88 Å². The molecule has 0 saturated carbocycles. The molecule has 2 aliphatic heterocycles. The molecule has 2 fully saturated rings. The molecule has 6 nitrogen and oxygen atoms in total. The minimum absolute atomic E-state index is 0.554. The summed E-state index contributed by atoms with van der Waals surface area (Å²) in [6.07, 6.45) is 6.05. The second-order valence-corrected chi connectivity index (χ2v) is 8.32. The number of aromatic nitrogens is 1. The molecule has 0 spiro atoms. The van der Waals surface area contributed by atoms with Crippen LogP contribution < -0.4 is 4.90 Å². The van der Waals surface area contributed by atoms with Crippen molar-refractivity contribution >= 4 is 26.7 Å². The number of nitrogens with zero attached hydrogens (tertiary/aromatic N) is 4. The van der Waals surface area contributed by atoms with Gasteiger partial charge in [0.1, 0.15) is 0 Å². The average Bonchev–Trinajstić information content (AvgIpc) is 2.89. The van der Waals surface area contributed by atoms with Gasteiger partial charge in [-0.1, -0.05) is 12.8 Å². The van der Waals surface area contributed by atoms with Crippen LogP contribution in [0.4, 0.5) is 5.13 Å². The molecule has 1 aromatic rings. The van der Waals surface area contributed by atoms with Crippen molar-refractivity contribution in [2.24, 2.45) is 0 Å². The second-order valence-electron chi connectivity index (χ2n) is 5.52. The van der Waals surface area contributed by atoms with Gasteiger partial charge in [-0.05, 0) is 12.8 Å². The fourth-order valence-corrected chi connectivity index (χ4v) is 5.29. The van der Waals surface area contributed by atoms with Gasteiger partial charge in [0, 0.05) is 50.8 Å². The normalized spacial score (nSPS) is 23.1. The van der Waals surface area contributed by atoms with Gasteiger partial charge in [-0.3, -0.25) is 0 Å². The molecule has 0 N–H and O–H groups in total. The summed E-state index contributed by atoms with van der Waals surface area (Å²) >= 11 is 1.61. The van der Waals surface area contributed by atoms with Crippen LogP contribution in [-0.4, -0.2) is 61.3 Å². The third-order valence-electron chi connectivity index (χ3n) is 4.15. The third-order valence-corrected chi connectivity index (χ3v) is 7.01. The lowest BCUT2D eigenvalue weighted by molar-refractivity contribution is 0.327. The Morgan fingerprint density at radius 1 is 0.905 bits per heavy atom. The van der Waals surface area contributed by atoms with E-state index >= 15 is 0 Å². The Hall–Kier alpha value is -0.700. The molecular formula is C13H22N4O2S2. The molecule has 2 saturated heterocycles. The van der Waals surface area contributed by atoms with E-state index in [9.17, 15) is 8.42 Å². The molecule has 0 aromatic carbocycles. The van der Waals surface area contributed by atoms with Gasteiger partial charge in [-0.25, -0.2) is 4.98 Å². The van der Waals surface area contributed by atoms with Crippen LogP contribution in [0.3, 0.4) is 0 Å². The molecule has 3 heterocycles. The fraction of sp³-hybridized carbons (Fsp3) is 0.769. The smallest absolute Gasteiger partial charge is 0.282 e. The molecule has 0 aliphatic carbocycles. The number of thiazole rings is 1. The van der Waals surface area contributed by atoms with Gasteiger partial charge in [0.2, 0.25) is 0 Å². The monoisotopic (exact) mass is 330 g/mol. The largest absolute Gasteiger partial charge is 0.345 e. The Bertz CT molecular complexity index is 531. The lowest BCUT2D eigenvalue weighted by Crippen LogP contribution is -2.53. The maximum absolute atomic E-state index is 12.7. The molecule has 2 aliphatic rings. The lowest BCUT2D eigenvalue weighted by Gasteiger charge is -2.36. The van der Waals surface area contributed by atoms with Crippen molar-refractivity contribution in [1.29, 1.82) is 0 Å². The highest BCUT2D eigenvalue weighted by Crippen LogP contribution is 2.22. The molecule has 0 unspecified atom stereocenters. The van der Waals surface area contributed by atoms with E-state index in [-0.39, 0.29) is 0 Å². The van der Waals surface area contributed by atoms with Crippen LogP contribution in [0.2, 0.25) is 0 Å². The van der Waals surface area contributed by atoms with Gasteiger partial charge in [-0.15, -0.1) is 11.3 Å². The van der Waals surface area contributed by atoms with Gasteiger partial charge < -0.3 is 4.90 Å². The SMILES string of the molecule is O=S(=O)(N1CCCCCC1)N1CCN(c2nccs2)CC1. The van der Waals surface area contributed by atoms with Crippen LogP contribution >= 0.6 is 11.3 Å². The van der Waals surface area contributed by atoms with E-state index in [1.807, 2.05) is 5.38 Å². The average molecular weight is 330 g/mol. The van der Waals surface area contributed by atoms with Gasteiger partial charge >= 0.3 is 0 Å². The van der Waals surface area contributed by atoms with E-state index in [4.69, 9.17) is 0 Å². The minimum Gasteiger partial charge on any atom is -0.345 e. The highest BCUT2D eigenvalue weighted by atomic mass is 32.2. The summed E-state index contributed by atoms with van der Waals surface area (Å²) in [7, 11) is -3.28. The molecule has 8 heteroatoms. The van der Waals surface area contributed by atoms with E-state index in [1.165, 1.54) is 0 Å².